The molecule has 1 aromatic carbocycles. The highest BCUT2D eigenvalue weighted by Crippen LogP contribution is 2.26. The van der Waals surface area contributed by atoms with Gasteiger partial charge in [0, 0.05) is 23.9 Å². The topological polar surface area (TPSA) is 58.2 Å². The highest BCUT2D eigenvalue weighted by atomic mass is 35.5. The van der Waals surface area contributed by atoms with Crippen LogP contribution >= 0.6 is 23.4 Å². The summed E-state index contributed by atoms with van der Waals surface area (Å²) in [6.07, 6.45) is 1.18. The number of amides is 2. The third kappa shape index (κ3) is 4.44. The Morgan fingerprint density at radius 1 is 1.47 bits per heavy atom. The first-order valence-corrected chi connectivity index (χ1v) is 7.45. The van der Waals surface area contributed by atoms with Gasteiger partial charge in [-0.1, -0.05) is 23.7 Å². The van der Waals surface area contributed by atoms with Gasteiger partial charge in [-0.15, -0.1) is 11.8 Å². The molecule has 1 fully saturated rings. The quantitative estimate of drug-likeness (QED) is 0.834. The van der Waals surface area contributed by atoms with Gasteiger partial charge in [0.25, 0.3) is 0 Å². The van der Waals surface area contributed by atoms with E-state index in [1.165, 1.54) is 11.8 Å². The number of piperidine rings is 1. The summed E-state index contributed by atoms with van der Waals surface area (Å²) in [4.78, 5) is 23.7. The zero-order valence-corrected chi connectivity index (χ0v) is 11.9. The number of thioether (sulfide) groups is 1. The van der Waals surface area contributed by atoms with Gasteiger partial charge in [-0.25, -0.2) is 0 Å². The number of rotatable bonds is 4. The van der Waals surface area contributed by atoms with E-state index in [9.17, 15) is 9.59 Å². The van der Waals surface area contributed by atoms with E-state index in [1.807, 2.05) is 18.2 Å². The molecular formula is C13H15ClN2O2S. The van der Waals surface area contributed by atoms with Crippen molar-refractivity contribution < 1.29 is 9.59 Å². The van der Waals surface area contributed by atoms with Crippen LogP contribution in [0.4, 0.5) is 0 Å². The lowest BCUT2D eigenvalue weighted by molar-refractivity contribution is -0.124. The lowest BCUT2D eigenvalue weighted by atomic mass is 10.1. The Balaban J connectivity index is 1.76. The lowest BCUT2D eigenvalue weighted by Gasteiger charge is -2.23. The molecule has 4 nitrogen and oxygen atoms in total. The lowest BCUT2D eigenvalue weighted by Crippen LogP contribution is -2.48. The van der Waals surface area contributed by atoms with Crippen molar-refractivity contribution in [3.63, 3.8) is 0 Å². The molecule has 0 aliphatic carbocycles. The molecule has 0 saturated carbocycles. The summed E-state index contributed by atoms with van der Waals surface area (Å²) in [6, 6.07) is 7.48. The minimum Gasteiger partial charge on any atom is -0.354 e. The first-order chi connectivity index (χ1) is 9.15. The van der Waals surface area contributed by atoms with Gasteiger partial charge in [-0.3, -0.25) is 9.59 Å². The molecule has 1 aromatic rings. The fourth-order valence-corrected chi connectivity index (χ4v) is 2.88. The van der Waals surface area contributed by atoms with Crippen molar-refractivity contribution >= 4 is 35.2 Å². The van der Waals surface area contributed by atoms with Crippen molar-refractivity contribution in [1.82, 2.24) is 10.6 Å². The predicted octanol–water partition coefficient (Wildman–Crippen LogP) is 1.83. The first-order valence-electron chi connectivity index (χ1n) is 6.08. The van der Waals surface area contributed by atoms with Crippen LogP contribution in [0.3, 0.4) is 0 Å². The molecule has 2 N–H and O–H groups in total. The fourth-order valence-electron chi connectivity index (χ4n) is 1.83. The predicted molar refractivity (Wildman–Crippen MR) is 76.4 cm³/mol. The van der Waals surface area contributed by atoms with Crippen LogP contribution in [-0.4, -0.2) is 30.2 Å². The van der Waals surface area contributed by atoms with Crippen molar-refractivity contribution in [2.45, 2.75) is 23.8 Å². The molecule has 1 aliphatic heterocycles. The summed E-state index contributed by atoms with van der Waals surface area (Å²) in [6.45, 7) is 0.515. The first kappa shape index (κ1) is 14.2. The van der Waals surface area contributed by atoms with E-state index in [4.69, 9.17) is 11.6 Å². The highest BCUT2D eigenvalue weighted by molar-refractivity contribution is 8.00. The number of carbonyl (C=O) groups excluding carboxylic acids is 2. The minimum atomic E-state index is -0.0360. The molecule has 0 spiro atoms. The molecular weight excluding hydrogens is 284 g/mol. The maximum atomic E-state index is 11.8. The van der Waals surface area contributed by atoms with E-state index in [0.29, 0.717) is 30.2 Å². The Hall–Kier alpha value is -1.20. The van der Waals surface area contributed by atoms with Gasteiger partial charge >= 0.3 is 0 Å². The molecule has 6 heteroatoms. The van der Waals surface area contributed by atoms with Crippen LogP contribution in [0.25, 0.3) is 0 Å². The molecule has 1 atom stereocenters. The Labute approximate surface area is 121 Å². The maximum Gasteiger partial charge on any atom is 0.230 e. The zero-order chi connectivity index (χ0) is 13.7. The zero-order valence-electron chi connectivity index (χ0n) is 10.3. The monoisotopic (exact) mass is 298 g/mol. The second kappa shape index (κ2) is 6.82. The molecule has 102 valence electrons. The maximum absolute atomic E-state index is 11.8. The van der Waals surface area contributed by atoms with E-state index in [0.717, 1.165) is 4.90 Å². The standard InChI is InChI=1S/C13H15ClN2O2S/c14-10-3-1-2-4-11(10)19-8-13(18)16-9-5-6-12(17)15-7-9/h1-4,9H,5-8H2,(H,15,17)(H,16,18). The highest BCUT2D eigenvalue weighted by Gasteiger charge is 2.19. The van der Waals surface area contributed by atoms with Crippen molar-refractivity contribution in [3.05, 3.63) is 29.3 Å². The van der Waals surface area contributed by atoms with Gasteiger partial charge in [-0.2, -0.15) is 0 Å². The van der Waals surface area contributed by atoms with Crippen LogP contribution < -0.4 is 10.6 Å². The van der Waals surface area contributed by atoms with Crippen molar-refractivity contribution in [3.8, 4) is 0 Å². The van der Waals surface area contributed by atoms with Crippen molar-refractivity contribution in [1.29, 1.82) is 0 Å². The van der Waals surface area contributed by atoms with Gasteiger partial charge in [-0.05, 0) is 18.6 Å². The third-order valence-electron chi connectivity index (χ3n) is 2.83. The summed E-state index contributed by atoms with van der Waals surface area (Å²) < 4.78 is 0. The number of hydrogen-bond donors (Lipinski definition) is 2. The number of benzene rings is 1. The van der Waals surface area contributed by atoms with E-state index in [1.54, 1.807) is 6.07 Å². The summed E-state index contributed by atoms with van der Waals surface area (Å²) in [5.41, 5.74) is 0. The second-order valence-corrected chi connectivity index (χ2v) is 5.75. The molecule has 19 heavy (non-hydrogen) atoms. The molecule has 0 radical (unpaired) electrons. The van der Waals surface area contributed by atoms with E-state index in [2.05, 4.69) is 10.6 Å². The summed E-state index contributed by atoms with van der Waals surface area (Å²) in [5, 5.41) is 6.31. The van der Waals surface area contributed by atoms with Crippen LogP contribution in [0.2, 0.25) is 5.02 Å². The smallest absolute Gasteiger partial charge is 0.230 e. The summed E-state index contributed by atoms with van der Waals surface area (Å²) >= 11 is 7.43. The molecule has 0 bridgehead atoms. The molecule has 1 saturated heterocycles. The number of carbonyl (C=O) groups is 2. The number of halogens is 1. The average Bonchev–Trinajstić information content (AvgIpc) is 2.40. The molecule has 1 heterocycles. The number of nitrogens with one attached hydrogen (secondary N) is 2. The Morgan fingerprint density at radius 3 is 2.95 bits per heavy atom. The second-order valence-electron chi connectivity index (χ2n) is 4.33. The van der Waals surface area contributed by atoms with E-state index < -0.39 is 0 Å². The van der Waals surface area contributed by atoms with Gasteiger partial charge in [0.2, 0.25) is 11.8 Å². The molecule has 0 aromatic heterocycles. The third-order valence-corrected chi connectivity index (χ3v) is 4.34. The minimum absolute atomic E-state index is 0.0360. The largest absolute Gasteiger partial charge is 0.354 e. The van der Waals surface area contributed by atoms with Crippen LogP contribution in [0.5, 0.6) is 0 Å². The SMILES string of the molecule is O=C1CCC(NC(=O)CSc2ccccc2Cl)CN1. The van der Waals surface area contributed by atoms with Crippen molar-refractivity contribution in [2.75, 3.05) is 12.3 Å². The van der Waals surface area contributed by atoms with Crippen LogP contribution in [-0.2, 0) is 9.59 Å². The van der Waals surface area contributed by atoms with Crippen LogP contribution in [0.1, 0.15) is 12.8 Å². The van der Waals surface area contributed by atoms with Gasteiger partial charge in [0.1, 0.15) is 0 Å². The molecule has 2 rings (SSSR count). The summed E-state index contributed by atoms with van der Waals surface area (Å²) in [7, 11) is 0. The molecule has 1 unspecified atom stereocenters. The molecule has 2 amide bonds. The van der Waals surface area contributed by atoms with Crippen LogP contribution in [0.15, 0.2) is 29.2 Å². The Bertz CT molecular complexity index is 471. The van der Waals surface area contributed by atoms with Crippen LogP contribution in [0, 0.1) is 0 Å². The Morgan fingerprint density at radius 2 is 2.26 bits per heavy atom. The van der Waals surface area contributed by atoms with E-state index >= 15 is 0 Å². The fraction of sp³-hybridized carbons (Fsp3) is 0.385. The summed E-state index contributed by atoms with van der Waals surface area (Å²) in [5.74, 6) is 0.343. The Kier molecular flexibility index (Phi) is 5.10. The van der Waals surface area contributed by atoms with Gasteiger partial charge in [0.05, 0.1) is 10.8 Å². The van der Waals surface area contributed by atoms with Gasteiger partial charge in [0.15, 0.2) is 0 Å². The number of hydrogen-bond acceptors (Lipinski definition) is 3. The van der Waals surface area contributed by atoms with Gasteiger partial charge < -0.3 is 10.6 Å². The normalized spacial score (nSPS) is 18.8. The van der Waals surface area contributed by atoms with Crippen molar-refractivity contribution in [2.24, 2.45) is 0 Å². The molecule has 1 aliphatic rings. The van der Waals surface area contributed by atoms with E-state index in [-0.39, 0.29) is 17.9 Å². The average molecular weight is 299 g/mol.